The highest BCUT2D eigenvalue weighted by Gasteiger charge is 1.98. The van der Waals surface area contributed by atoms with Gasteiger partial charge in [0.05, 0.1) is 0 Å². The van der Waals surface area contributed by atoms with E-state index in [2.05, 4.69) is 59.9 Å². The van der Waals surface area contributed by atoms with E-state index in [1.807, 2.05) is 30.3 Å². The average Bonchev–Trinajstić information content (AvgIpc) is 2.66. The third-order valence-corrected chi connectivity index (χ3v) is 3.93. The van der Waals surface area contributed by atoms with Crippen molar-refractivity contribution in [3.8, 4) is 5.75 Å². The highest BCUT2D eigenvalue weighted by molar-refractivity contribution is 5.27. The van der Waals surface area contributed by atoms with Crippen LogP contribution in [0, 0.1) is 0 Å². The molecule has 0 aliphatic rings. The van der Waals surface area contributed by atoms with Crippen molar-refractivity contribution in [1.82, 2.24) is 5.32 Å². The number of hydrogen-bond acceptors (Lipinski definition) is 2. The molecule has 0 spiro atoms. The molecular weight excluding hydrogens is 294 g/mol. The van der Waals surface area contributed by atoms with Gasteiger partial charge in [0.25, 0.3) is 0 Å². The van der Waals surface area contributed by atoms with Gasteiger partial charge in [0, 0.05) is 6.54 Å². The fourth-order valence-electron chi connectivity index (χ4n) is 2.55. The molecule has 0 aliphatic heterocycles. The molecule has 3 rings (SSSR count). The minimum Gasteiger partial charge on any atom is -0.489 e. The first kappa shape index (κ1) is 16.3. The van der Waals surface area contributed by atoms with E-state index in [4.69, 9.17) is 4.74 Å². The fourth-order valence-corrected chi connectivity index (χ4v) is 2.55. The van der Waals surface area contributed by atoms with Crippen molar-refractivity contribution in [2.75, 3.05) is 6.54 Å². The lowest BCUT2D eigenvalue weighted by Gasteiger charge is -2.08. The molecule has 0 saturated carbocycles. The maximum atomic E-state index is 5.81. The smallest absolute Gasteiger partial charge is 0.119 e. The summed E-state index contributed by atoms with van der Waals surface area (Å²) in [6, 6.07) is 29.1. The maximum Gasteiger partial charge on any atom is 0.119 e. The predicted molar refractivity (Wildman–Crippen MR) is 99.1 cm³/mol. The van der Waals surface area contributed by atoms with Crippen molar-refractivity contribution in [3.05, 3.63) is 102 Å². The van der Waals surface area contributed by atoms with Crippen LogP contribution in [0.5, 0.6) is 5.75 Å². The first-order chi connectivity index (χ1) is 11.9. The van der Waals surface area contributed by atoms with Gasteiger partial charge in [-0.1, -0.05) is 72.8 Å². The summed E-state index contributed by atoms with van der Waals surface area (Å²) in [5.74, 6) is 0.909. The van der Waals surface area contributed by atoms with Gasteiger partial charge in [-0.15, -0.1) is 0 Å². The van der Waals surface area contributed by atoms with Crippen LogP contribution in [0.4, 0.5) is 0 Å². The molecule has 0 amide bonds. The quantitative estimate of drug-likeness (QED) is 0.613. The number of nitrogens with one attached hydrogen (secondary N) is 1. The van der Waals surface area contributed by atoms with E-state index in [1.54, 1.807) is 0 Å². The summed E-state index contributed by atoms with van der Waals surface area (Å²) in [7, 11) is 0. The Labute approximate surface area is 144 Å². The number of ether oxygens (including phenoxy) is 1. The van der Waals surface area contributed by atoms with Crippen molar-refractivity contribution < 1.29 is 4.74 Å². The maximum absolute atomic E-state index is 5.81. The minimum atomic E-state index is 0.607. The molecule has 0 heterocycles. The summed E-state index contributed by atoms with van der Waals surface area (Å²) >= 11 is 0. The Morgan fingerprint density at radius 3 is 1.92 bits per heavy atom. The van der Waals surface area contributed by atoms with Crippen LogP contribution in [0.25, 0.3) is 0 Å². The van der Waals surface area contributed by atoms with Crippen molar-refractivity contribution in [2.45, 2.75) is 19.6 Å². The normalized spacial score (nSPS) is 10.5. The Hall–Kier alpha value is -2.58. The second-order valence-corrected chi connectivity index (χ2v) is 5.83. The first-order valence-corrected chi connectivity index (χ1v) is 8.40. The van der Waals surface area contributed by atoms with E-state index in [-0.39, 0.29) is 0 Å². The van der Waals surface area contributed by atoms with E-state index in [0.29, 0.717) is 6.61 Å². The Bertz CT molecular complexity index is 708. The van der Waals surface area contributed by atoms with Crippen LogP contribution < -0.4 is 10.1 Å². The highest BCUT2D eigenvalue weighted by Crippen LogP contribution is 2.14. The summed E-state index contributed by atoms with van der Waals surface area (Å²) in [6.07, 6.45) is 1.05. The lowest BCUT2D eigenvalue weighted by molar-refractivity contribution is 0.306. The molecule has 0 radical (unpaired) electrons. The van der Waals surface area contributed by atoms with Crippen molar-refractivity contribution in [2.24, 2.45) is 0 Å². The Kier molecular flexibility index (Phi) is 6.04. The molecule has 0 fully saturated rings. The van der Waals surface area contributed by atoms with Crippen LogP contribution in [0.1, 0.15) is 16.7 Å². The van der Waals surface area contributed by atoms with E-state index >= 15 is 0 Å². The third kappa shape index (κ3) is 5.25. The molecule has 3 aromatic rings. The van der Waals surface area contributed by atoms with Crippen molar-refractivity contribution in [1.29, 1.82) is 0 Å². The molecule has 0 unspecified atom stereocenters. The Morgan fingerprint density at radius 1 is 0.625 bits per heavy atom. The lowest BCUT2D eigenvalue weighted by atomic mass is 10.1. The molecule has 0 bridgehead atoms. The standard InChI is InChI=1S/C22H23NO/c1-3-7-19(8-4-1)15-16-23-17-20-11-13-22(14-12-20)24-18-21-9-5-2-6-10-21/h1-14,23H,15-18H2. The van der Waals surface area contributed by atoms with Gasteiger partial charge >= 0.3 is 0 Å². The third-order valence-electron chi connectivity index (χ3n) is 3.93. The molecule has 0 aliphatic carbocycles. The zero-order valence-corrected chi connectivity index (χ0v) is 13.8. The van der Waals surface area contributed by atoms with Crippen LogP contribution in [-0.2, 0) is 19.6 Å². The van der Waals surface area contributed by atoms with Gasteiger partial charge in [0.2, 0.25) is 0 Å². The van der Waals surface area contributed by atoms with Gasteiger partial charge in [-0.2, -0.15) is 0 Å². The van der Waals surface area contributed by atoms with Gasteiger partial charge in [-0.25, -0.2) is 0 Å². The van der Waals surface area contributed by atoms with E-state index in [1.165, 1.54) is 16.7 Å². The molecule has 2 nitrogen and oxygen atoms in total. The topological polar surface area (TPSA) is 21.3 Å². The molecule has 0 aromatic heterocycles. The van der Waals surface area contributed by atoms with Crippen molar-refractivity contribution >= 4 is 0 Å². The van der Waals surface area contributed by atoms with Gasteiger partial charge in [-0.3, -0.25) is 0 Å². The van der Waals surface area contributed by atoms with Gasteiger partial charge in [-0.05, 0) is 41.8 Å². The Balaban J connectivity index is 1.40. The van der Waals surface area contributed by atoms with Crippen LogP contribution in [-0.4, -0.2) is 6.54 Å². The van der Waals surface area contributed by atoms with E-state index in [0.717, 1.165) is 25.3 Å². The lowest BCUT2D eigenvalue weighted by Crippen LogP contribution is -2.16. The molecule has 122 valence electrons. The monoisotopic (exact) mass is 317 g/mol. The van der Waals surface area contributed by atoms with E-state index in [9.17, 15) is 0 Å². The molecule has 0 saturated heterocycles. The fraction of sp³-hybridized carbons (Fsp3) is 0.182. The molecule has 24 heavy (non-hydrogen) atoms. The van der Waals surface area contributed by atoms with Crippen LogP contribution in [0.3, 0.4) is 0 Å². The van der Waals surface area contributed by atoms with Gasteiger partial charge < -0.3 is 10.1 Å². The summed E-state index contributed by atoms with van der Waals surface area (Å²) in [4.78, 5) is 0. The minimum absolute atomic E-state index is 0.607. The second kappa shape index (κ2) is 8.90. The summed E-state index contributed by atoms with van der Waals surface area (Å²) in [5, 5.41) is 3.49. The largest absolute Gasteiger partial charge is 0.489 e. The molecule has 0 atom stereocenters. The number of hydrogen-bond donors (Lipinski definition) is 1. The summed E-state index contributed by atoms with van der Waals surface area (Å²) in [5.41, 5.74) is 3.83. The molecular formula is C22H23NO. The SMILES string of the molecule is c1ccc(CCNCc2ccc(OCc3ccccc3)cc2)cc1. The number of rotatable bonds is 8. The van der Waals surface area contributed by atoms with Crippen molar-refractivity contribution in [3.63, 3.8) is 0 Å². The molecule has 2 heteroatoms. The first-order valence-electron chi connectivity index (χ1n) is 8.40. The van der Waals surface area contributed by atoms with E-state index < -0.39 is 0 Å². The summed E-state index contributed by atoms with van der Waals surface area (Å²) in [6.45, 7) is 2.47. The highest BCUT2D eigenvalue weighted by atomic mass is 16.5. The van der Waals surface area contributed by atoms with Crippen LogP contribution in [0.15, 0.2) is 84.9 Å². The average molecular weight is 317 g/mol. The Morgan fingerprint density at radius 2 is 1.25 bits per heavy atom. The molecule has 1 N–H and O–H groups in total. The van der Waals surface area contributed by atoms with Gasteiger partial charge in [0.15, 0.2) is 0 Å². The number of benzene rings is 3. The summed E-state index contributed by atoms with van der Waals surface area (Å²) < 4.78 is 5.81. The zero-order valence-electron chi connectivity index (χ0n) is 13.8. The predicted octanol–water partition coefficient (Wildman–Crippen LogP) is 4.60. The van der Waals surface area contributed by atoms with Crippen LogP contribution >= 0.6 is 0 Å². The van der Waals surface area contributed by atoms with Crippen LogP contribution in [0.2, 0.25) is 0 Å². The zero-order chi connectivity index (χ0) is 16.5. The molecule has 3 aromatic carbocycles. The van der Waals surface area contributed by atoms with Gasteiger partial charge in [0.1, 0.15) is 12.4 Å². The second-order valence-electron chi connectivity index (χ2n) is 5.83.